The molecular formula is C26H16IN3. The molecule has 0 aliphatic carbocycles. The first-order chi connectivity index (χ1) is 14.8. The first-order valence-electron chi connectivity index (χ1n) is 9.80. The average molecular weight is 497 g/mol. The molecule has 0 fully saturated rings. The lowest BCUT2D eigenvalue weighted by atomic mass is 10.0. The summed E-state index contributed by atoms with van der Waals surface area (Å²) in [6.07, 6.45) is 0. The lowest BCUT2D eigenvalue weighted by Crippen LogP contribution is -1.94. The Labute approximate surface area is 187 Å². The Morgan fingerprint density at radius 2 is 1.27 bits per heavy atom. The molecule has 0 aliphatic rings. The van der Waals surface area contributed by atoms with E-state index < -0.39 is 0 Å². The van der Waals surface area contributed by atoms with Gasteiger partial charge < -0.3 is 0 Å². The summed E-state index contributed by atoms with van der Waals surface area (Å²) in [6, 6.07) is 34.0. The van der Waals surface area contributed by atoms with Gasteiger partial charge in [-0.25, -0.2) is 0 Å². The van der Waals surface area contributed by atoms with Crippen LogP contribution < -0.4 is 0 Å². The van der Waals surface area contributed by atoms with Crippen LogP contribution in [-0.2, 0) is 0 Å². The lowest BCUT2D eigenvalue weighted by molar-refractivity contribution is 1.12. The number of para-hydroxylation sites is 1. The smallest absolute Gasteiger partial charge is 0.169 e. The van der Waals surface area contributed by atoms with Crippen molar-refractivity contribution in [2.24, 2.45) is 0 Å². The highest BCUT2D eigenvalue weighted by atomic mass is 127. The summed E-state index contributed by atoms with van der Waals surface area (Å²) in [4.78, 5) is 0. The first kappa shape index (κ1) is 17.6. The molecule has 0 saturated carbocycles. The van der Waals surface area contributed by atoms with E-state index in [0.29, 0.717) is 0 Å². The minimum atomic E-state index is 0.862. The second-order valence-electron chi connectivity index (χ2n) is 7.33. The zero-order chi connectivity index (χ0) is 20.1. The highest BCUT2D eigenvalue weighted by Gasteiger charge is 2.15. The van der Waals surface area contributed by atoms with Crippen molar-refractivity contribution in [2.45, 2.75) is 0 Å². The molecule has 0 aliphatic heterocycles. The third-order valence-corrected chi connectivity index (χ3v) is 6.24. The highest BCUT2D eigenvalue weighted by Crippen LogP contribution is 2.32. The lowest BCUT2D eigenvalue weighted by Gasteiger charge is -2.10. The number of hydrogen-bond donors (Lipinski definition) is 0. The molecular weight excluding hydrogens is 481 g/mol. The first-order valence-corrected chi connectivity index (χ1v) is 10.9. The van der Waals surface area contributed by atoms with E-state index in [1.807, 2.05) is 0 Å². The SMILES string of the molecule is Ic1cccc(-c2ccc(-c3nnc4c5ccccc5c5ccccc5n34)cc2)c1. The van der Waals surface area contributed by atoms with Gasteiger partial charge >= 0.3 is 0 Å². The molecule has 2 aromatic heterocycles. The fourth-order valence-corrected chi connectivity index (χ4v) is 4.71. The Kier molecular flexibility index (Phi) is 4.06. The zero-order valence-electron chi connectivity index (χ0n) is 16.0. The van der Waals surface area contributed by atoms with E-state index in [1.165, 1.54) is 25.5 Å². The summed E-state index contributed by atoms with van der Waals surface area (Å²) in [7, 11) is 0. The van der Waals surface area contributed by atoms with Crippen LogP contribution in [0.25, 0.3) is 49.8 Å². The van der Waals surface area contributed by atoms with Crippen LogP contribution in [0.3, 0.4) is 0 Å². The van der Waals surface area contributed by atoms with Gasteiger partial charge in [-0.15, -0.1) is 10.2 Å². The Hall–Kier alpha value is -3.25. The molecule has 0 bridgehead atoms. The maximum atomic E-state index is 4.59. The molecule has 0 radical (unpaired) electrons. The number of nitrogens with zero attached hydrogens (tertiary/aromatic N) is 3. The van der Waals surface area contributed by atoms with Gasteiger partial charge in [0.2, 0.25) is 0 Å². The maximum Gasteiger partial charge on any atom is 0.169 e. The second-order valence-corrected chi connectivity index (χ2v) is 8.58. The van der Waals surface area contributed by atoms with Gasteiger partial charge in [-0.3, -0.25) is 4.40 Å². The van der Waals surface area contributed by atoms with Crippen molar-refractivity contribution in [1.29, 1.82) is 0 Å². The molecule has 0 spiro atoms. The molecule has 0 N–H and O–H groups in total. The van der Waals surface area contributed by atoms with E-state index in [0.717, 1.165) is 27.9 Å². The van der Waals surface area contributed by atoms with Crippen molar-refractivity contribution >= 4 is 49.9 Å². The topological polar surface area (TPSA) is 30.2 Å². The predicted octanol–water partition coefficient (Wildman–Crippen LogP) is 6.97. The van der Waals surface area contributed by atoms with Crippen LogP contribution in [0.5, 0.6) is 0 Å². The molecule has 0 atom stereocenters. The van der Waals surface area contributed by atoms with Gasteiger partial charge in [-0.05, 0) is 57.3 Å². The molecule has 0 amide bonds. The quantitative estimate of drug-likeness (QED) is 0.191. The second kappa shape index (κ2) is 6.92. The molecule has 30 heavy (non-hydrogen) atoms. The zero-order valence-corrected chi connectivity index (χ0v) is 18.1. The third kappa shape index (κ3) is 2.71. The molecule has 3 nitrogen and oxygen atoms in total. The van der Waals surface area contributed by atoms with Crippen LogP contribution in [0.15, 0.2) is 97.1 Å². The minimum Gasteiger partial charge on any atom is -0.274 e. The molecule has 0 saturated heterocycles. The third-order valence-electron chi connectivity index (χ3n) is 5.57. The van der Waals surface area contributed by atoms with Crippen molar-refractivity contribution in [3.63, 3.8) is 0 Å². The Morgan fingerprint density at radius 1 is 0.567 bits per heavy atom. The number of rotatable bonds is 2. The van der Waals surface area contributed by atoms with Crippen molar-refractivity contribution in [2.75, 3.05) is 0 Å². The Balaban J connectivity index is 1.59. The summed E-state index contributed by atoms with van der Waals surface area (Å²) in [6.45, 7) is 0. The number of fused-ring (bicyclic) bond motifs is 6. The largest absolute Gasteiger partial charge is 0.274 e. The van der Waals surface area contributed by atoms with E-state index in [1.54, 1.807) is 0 Å². The Bertz CT molecular complexity index is 1550. The van der Waals surface area contributed by atoms with Crippen molar-refractivity contribution in [3.8, 4) is 22.5 Å². The van der Waals surface area contributed by atoms with Gasteiger partial charge in [0.1, 0.15) is 0 Å². The van der Waals surface area contributed by atoms with Gasteiger partial charge in [0.25, 0.3) is 0 Å². The van der Waals surface area contributed by atoms with Crippen molar-refractivity contribution in [1.82, 2.24) is 14.6 Å². The molecule has 2 heterocycles. The normalized spacial score (nSPS) is 11.5. The highest BCUT2D eigenvalue weighted by molar-refractivity contribution is 14.1. The minimum absolute atomic E-state index is 0.862. The summed E-state index contributed by atoms with van der Waals surface area (Å²) in [5.74, 6) is 0.862. The molecule has 0 unspecified atom stereocenters. The van der Waals surface area contributed by atoms with Gasteiger partial charge in [-0.2, -0.15) is 0 Å². The molecule has 4 heteroatoms. The van der Waals surface area contributed by atoms with Crippen LogP contribution in [0.2, 0.25) is 0 Å². The Morgan fingerprint density at radius 3 is 2.07 bits per heavy atom. The predicted molar refractivity (Wildman–Crippen MR) is 132 cm³/mol. The van der Waals surface area contributed by atoms with Gasteiger partial charge in [0.15, 0.2) is 11.5 Å². The van der Waals surface area contributed by atoms with E-state index in [-0.39, 0.29) is 0 Å². The van der Waals surface area contributed by atoms with Gasteiger partial charge in [-0.1, -0.05) is 78.9 Å². The average Bonchev–Trinajstić information content (AvgIpc) is 3.25. The van der Waals surface area contributed by atoms with Gasteiger partial charge in [0, 0.05) is 19.9 Å². The van der Waals surface area contributed by atoms with E-state index in [2.05, 4.69) is 134 Å². The number of hydrogen-bond acceptors (Lipinski definition) is 2. The standard InChI is InChI=1S/C26H16IN3/c27-20-7-5-6-19(16-20)17-12-14-18(15-13-17)25-28-29-26-23-10-2-1-8-21(23)22-9-3-4-11-24(22)30(25)26/h1-16H. The summed E-state index contributed by atoms with van der Waals surface area (Å²) >= 11 is 2.35. The molecule has 6 rings (SSSR count). The fraction of sp³-hybridized carbons (Fsp3) is 0. The van der Waals surface area contributed by atoms with E-state index >= 15 is 0 Å². The molecule has 6 aromatic rings. The summed E-state index contributed by atoms with van der Waals surface area (Å²) < 4.78 is 3.41. The van der Waals surface area contributed by atoms with Crippen LogP contribution in [0.1, 0.15) is 0 Å². The molecule has 4 aromatic carbocycles. The van der Waals surface area contributed by atoms with Crippen molar-refractivity contribution < 1.29 is 0 Å². The van der Waals surface area contributed by atoms with Crippen LogP contribution in [-0.4, -0.2) is 14.6 Å². The van der Waals surface area contributed by atoms with E-state index in [9.17, 15) is 0 Å². The number of pyridine rings is 1. The van der Waals surface area contributed by atoms with Crippen LogP contribution in [0, 0.1) is 3.57 Å². The maximum absolute atomic E-state index is 4.59. The van der Waals surface area contributed by atoms with Crippen LogP contribution in [0.4, 0.5) is 0 Å². The van der Waals surface area contributed by atoms with Crippen molar-refractivity contribution in [3.05, 3.63) is 101 Å². The monoisotopic (exact) mass is 497 g/mol. The van der Waals surface area contributed by atoms with E-state index in [4.69, 9.17) is 0 Å². The summed E-state index contributed by atoms with van der Waals surface area (Å²) in [5.41, 5.74) is 5.48. The number of benzene rings is 4. The summed E-state index contributed by atoms with van der Waals surface area (Å²) in [5, 5.41) is 12.7. The molecule has 142 valence electrons. The van der Waals surface area contributed by atoms with Gasteiger partial charge in [0.05, 0.1) is 5.52 Å². The fourth-order valence-electron chi connectivity index (χ4n) is 4.16. The number of halogens is 1. The number of aromatic nitrogens is 3. The van der Waals surface area contributed by atoms with Crippen LogP contribution >= 0.6 is 22.6 Å².